The van der Waals surface area contributed by atoms with Crippen molar-refractivity contribution in [2.45, 2.75) is 50.7 Å². The first kappa shape index (κ1) is 23.9. The summed E-state index contributed by atoms with van der Waals surface area (Å²) in [5.41, 5.74) is 5.41. The van der Waals surface area contributed by atoms with Crippen molar-refractivity contribution in [1.29, 1.82) is 0 Å². The highest BCUT2D eigenvalue weighted by Crippen LogP contribution is 2.42. The summed E-state index contributed by atoms with van der Waals surface area (Å²) in [6.45, 7) is 4.74. The summed E-state index contributed by atoms with van der Waals surface area (Å²) in [4.78, 5) is 50.8. The largest absolute Gasteiger partial charge is 0.481 e. The highest BCUT2D eigenvalue weighted by Gasteiger charge is 2.46. The van der Waals surface area contributed by atoms with Crippen LogP contribution in [0.2, 0.25) is 0 Å². The summed E-state index contributed by atoms with van der Waals surface area (Å²) >= 11 is 0. The molecule has 3 aliphatic heterocycles. The molecule has 2 fully saturated rings. The maximum atomic E-state index is 13.5. The van der Waals surface area contributed by atoms with Gasteiger partial charge in [0, 0.05) is 70.2 Å². The molecule has 32 heavy (non-hydrogen) atoms. The lowest BCUT2D eigenvalue weighted by atomic mass is 9.77. The van der Waals surface area contributed by atoms with E-state index in [1.165, 1.54) is 6.07 Å². The summed E-state index contributed by atoms with van der Waals surface area (Å²) in [5, 5.41) is 17.8. The molecular formula is C22H32N4O6. The Hall–Kier alpha value is -2.72. The molecule has 0 saturated carbocycles. The second kappa shape index (κ2) is 9.41. The molecule has 4 rings (SSSR count). The lowest BCUT2D eigenvalue weighted by Crippen LogP contribution is -2.57. The number of carboxylic acid groups (broad SMARTS) is 1. The van der Waals surface area contributed by atoms with Crippen molar-refractivity contribution in [3.8, 4) is 0 Å². The number of pyridine rings is 1. The summed E-state index contributed by atoms with van der Waals surface area (Å²) in [5.74, 6) is -0.941. The first-order valence-electron chi connectivity index (χ1n) is 10.9. The fraction of sp³-hybridized carbons (Fsp3) is 0.636. The molecule has 1 aromatic heterocycles. The van der Waals surface area contributed by atoms with Gasteiger partial charge in [-0.3, -0.25) is 23.7 Å². The van der Waals surface area contributed by atoms with E-state index in [1.54, 1.807) is 27.4 Å². The van der Waals surface area contributed by atoms with Crippen LogP contribution in [-0.4, -0.2) is 80.7 Å². The SMILES string of the molecule is CC(=O)N1C[C@H]2C[C@@H](C1)[C@H](C(=O)N1CCC(O)(CN)CC1)n1c2cccc1=O.CC(=O)O. The minimum atomic E-state index is -0.917. The average molecular weight is 449 g/mol. The van der Waals surface area contributed by atoms with Crippen LogP contribution >= 0.6 is 0 Å². The molecule has 3 aliphatic rings. The average Bonchev–Trinajstić information content (AvgIpc) is 2.74. The Morgan fingerprint density at radius 3 is 2.31 bits per heavy atom. The number of hydrogen-bond acceptors (Lipinski definition) is 6. The second-order valence-electron chi connectivity index (χ2n) is 8.99. The predicted molar refractivity (Wildman–Crippen MR) is 116 cm³/mol. The molecule has 2 bridgehead atoms. The molecule has 0 radical (unpaired) electrons. The van der Waals surface area contributed by atoms with Crippen molar-refractivity contribution in [2.75, 3.05) is 32.7 Å². The molecule has 3 atom stereocenters. The van der Waals surface area contributed by atoms with E-state index in [4.69, 9.17) is 15.6 Å². The zero-order chi connectivity index (χ0) is 23.6. The number of nitrogens with zero attached hydrogens (tertiary/aromatic N) is 3. The number of carbonyl (C=O) groups excluding carboxylic acids is 2. The smallest absolute Gasteiger partial charge is 0.300 e. The number of amides is 2. The maximum absolute atomic E-state index is 13.5. The molecule has 1 aromatic rings. The Bertz CT molecular complexity index is 933. The van der Waals surface area contributed by atoms with Gasteiger partial charge in [-0.2, -0.15) is 0 Å². The van der Waals surface area contributed by atoms with Crippen molar-refractivity contribution in [2.24, 2.45) is 11.7 Å². The normalized spacial score (nSPS) is 25.8. The molecule has 4 N–H and O–H groups in total. The lowest BCUT2D eigenvalue weighted by Gasteiger charge is -2.48. The summed E-state index contributed by atoms with van der Waals surface area (Å²) in [7, 11) is 0. The van der Waals surface area contributed by atoms with Crippen LogP contribution in [0.15, 0.2) is 23.0 Å². The van der Waals surface area contributed by atoms with Gasteiger partial charge < -0.3 is 25.7 Å². The minimum Gasteiger partial charge on any atom is -0.481 e. The van der Waals surface area contributed by atoms with Gasteiger partial charge in [0.1, 0.15) is 6.04 Å². The molecule has 10 nitrogen and oxygen atoms in total. The number of carbonyl (C=O) groups is 3. The van der Waals surface area contributed by atoms with Gasteiger partial charge in [0.2, 0.25) is 11.8 Å². The lowest BCUT2D eigenvalue weighted by molar-refractivity contribution is -0.144. The molecule has 2 saturated heterocycles. The fourth-order valence-electron chi connectivity index (χ4n) is 5.04. The van der Waals surface area contributed by atoms with Gasteiger partial charge >= 0.3 is 0 Å². The molecule has 2 amide bonds. The number of aliphatic carboxylic acids is 1. The maximum Gasteiger partial charge on any atom is 0.300 e. The number of nitrogens with two attached hydrogens (primary N) is 1. The Kier molecular flexibility index (Phi) is 7.04. The number of rotatable bonds is 2. The van der Waals surface area contributed by atoms with Gasteiger partial charge in [-0.05, 0) is 25.3 Å². The van der Waals surface area contributed by atoms with Crippen molar-refractivity contribution < 1.29 is 24.6 Å². The van der Waals surface area contributed by atoms with E-state index in [-0.39, 0.29) is 35.8 Å². The van der Waals surface area contributed by atoms with Gasteiger partial charge in [0.25, 0.3) is 11.5 Å². The van der Waals surface area contributed by atoms with Gasteiger partial charge in [-0.15, -0.1) is 0 Å². The van der Waals surface area contributed by atoms with Crippen LogP contribution in [0.1, 0.15) is 50.8 Å². The quantitative estimate of drug-likeness (QED) is 0.566. The van der Waals surface area contributed by atoms with E-state index in [2.05, 4.69) is 0 Å². The number of aliphatic hydroxyl groups is 1. The third-order valence-corrected chi connectivity index (χ3v) is 6.73. The van der Waals surface area contributed by atoms with Crippen molar-refractivity contribution in [3.63, 3.8) is 0 Å². The van der Waals surface area contributed by atoms with E-state index in [0.29, 0.717) is 39.0 Å². The monoisotopic (exact) mass is 448 g/mol. The molecule has 0 unspecified atom stereocenters. The molecule has 0 aromatic carbocycles. The van der Waals surface area contributed by atoms with Crippen LogP contribution in [0.4, 0.5) is 0 Å². The van der Waals surface area contributed by atoms with Crippen molar-refractivity contribution >= 4 is 17.8 Å². The van der Waals surface area contributed by atoms with E-state index in [1.807, 2.05) is 6.07 Å². The van der Waals surface area contributed by atoms with Gasteiger partial charge in [0.15, 0.2) is 0 Å². The Labute approximate surface area is 186 Å². The van der Waals surface area contributed by atoms with Crippen LogP contribution in [0.5, 0.6) is 0 Å². The zero-order valence-corrected chi connectivity index (χ0v) is 18.6. The highest BCUT2D eigenvalue weighted by atomic mass is 16.4. The second-order valence-corrected chi connectivity index (χ2v) is 8.99. The molecule has 0 spiro atoms. The van der Waals surface area contributed by atoms with E-state index in [0.717, 1.165) is 19.0 Å². The van der Waals surface area contributed by atoms with Crippen LogP contribution in [0.25, 0.3) is 0 Å². The fourth-order valence-corrected chi connectivity index (χ4v) is 5.04. The number of aromatic nitrogens is 1. The number of likely N-dealkylation sites (tertiary alicyclic amines) is 2. The highest BCUT2D eigenvalue weighted by molar-refractivity contribution is 5.82. The number of piperidine rings is 2. The van der Waals surface area contributed by atoms with Crippen LogP contribution in [0, 0.1) is 5.92 Å². The van der Waals surface area contributed by atoms with Crippen LogP contribution in [-0.2, 0) is 14.4 Å². The minimum absolute atomic E-state index is 0.00129. The van der Waals surface area contributed by atoms with E-state index < -0.39 is 17.6 Å². The molecule has 176 valence electrons. The Morgan fingerprint density at radius 1 is 1.12 bits per heavy atom. The molecule has 10 heteroatoms. The predicted octanol–water partition coefficient (Wildman–Crippen LogP) is -0.242. The van der Waals surface area contributed by atoms with Crippen molar-refractivity contribution in [3.05, 3.63) is 34.2 Å². The van der Waals surface area contributed by atoms with Gasteiger partial charge in [-0.1, -0.05) is 6.07 Å². The van der Waals surface area contributed by atoms with Crippen molar-refractivity contribution in [1.82, 2.24) is 14.4 Å². The summed E-state index contributed by atoms with van der Waals surface area (Å²) in [6.07, 6.45) is 1.67. The zero-order valence-electron chi connectivity index (χ0n) is 18.6. The molecule has 4 heterocycles. The first-order chi connectivity index (χ1) is 15.1. The topological polar surface area (TPSA) is 146 Å². The number of fused-ring (bicyclic) bond motifs is 4. The van der Waals surface area contributed by atoms with Gasteiger partial charge in [0.05, 0.1) is 5.60 Å². The standard InChI is InChI=1S/C20H28N4O4.C2H4O2/c1-13(25)23-10-14-9-15(11-23)18(24-16(14)3-2-4-17(24)26)19(27)22-7-5-20(28,12-21)6-8-22;1-2(3)4/h2-4,14-15,18,28H,5-12,21H2,1H3;1H3,(H,3,4)/t14-,15+,18-;/m1./s1. The third-order valence-electron chi connectivity index (χ3n) is 6.73. The Morgan fingerprint density at radius 2 is 1.75 bits per heavy atom. The number of hydrogen-bond donors (Lipinski definition) is 3. The summed E-state index contributed by atoms with van der Waals surface area (Å²) in [6, 6.07) is 4.52. The Balaban J connectivity index is 0.000000668. The molecule has 0 aliphatic carbocycles. The third kappa shape index (κ3) is 4.86. The van der Waals surface area contributed by atoms with Crippen LogP contribution < -0.4 is 11.3 Å². The van der Waals surface area contributed by atoms with E-state index in [9.17, 15) is 19.5 Å². The number of carboxylic acids is 1. The van der Waals surface area contributed by atoms with Crippen LogP contribution in [0.3, 0.4) is 0 Å². The van der Waals surface area contributed by atoms with E-state index >= 15 is 0 Å². The van der Waals surface area contributed by atoms with Gasteiger partial charge in [-0.25, -0.2) is 0 Å². The summed E-state index contributed by atoms with van der Waals surface area (Å²) < 4.78 is 1.66. The first-order valence-corrected chi connectivity index (χ1v) is 10.9. The molecular weight excluding hydrogens is 416 g/mol.